The molecule has 0 spiro atoms. The molecular weight excluding hydrogens is 324 g/mol. The van der Waals surface area contributed by atoms with Crippen LogP contribution >= 0.6 is 11.3 Å². The third kappa shape index (κ3) is 2.81. The molecule has 4 heterocycles. The average molecular weight is 342 g/mol. The smallest absolute Gasteiger partial charge is 0.262 e. The zero-order valence-corrected chi connectivity index (χ0v) is 14.2. The SMILES string of the molecule is CC(Cn1cnc2sc3c(c2c1=O)CCNC3)Oc1cccnc1. The maximum absolute atomic E-state index is 12.9. The van der Waals surface area contributed by atoms with Gasteiger partial charge >= 0.3 is 0 Å². The Kier molecular flexibility index (Phi) is 4.03. The van der Waals surface area contributed by atoms with E-state index in [4.69, 9.17) is 4.74 Å². The fourth-order valence-electron chi connectivity index (χ4n) is 3.04. The van der Waals surface area contributed by atoms with Crippen LogP contribution in [0.1, 0.15) is 17.4 Å². The summed E-state index contributed by atoms with van der Waals surface area (Å²) in [6, 6.07) is 3.68. The molecule has 7 heteroatoms. The summed E-state index contributed by atoms with van der Waals surface area (Å²) >= 11 is 1.62. The Balaban J connectivity index is 1.62. The van der Waals surface area contributed by atoms with Gasteiger partial charge in [-0.15, -0.1) is 11.3 Å². The molecule has 0 aliphatic carbocycles. The predicted octanol–water partition coefficient (Wildman–Crippen LogP) is 1.97. The summed E-state index contributed by atoms with van der Waals surface area (Å²) in [6.45, 7) is 4.14. The van der Waals surface area contributed by atoms with E-state index in [9.17, 15) is 4.79 Å². The van der Waals surface area contributed by atoms with Gasteiger partial charge in [-0.1, -0.05) is 0 Å². The summed E-state index contributed by atoms with van der Waals surface area (Å²) in [6.07, 6.45) is 5.74. The second kappa shape index (κ2) is 6.33. The molecule has 1 aliphatic heterocycles. The summed E-state index contributed by atoms with van der Waals surface area (Å²) in [4.78, 5) is 23.5. The van der Waals surface area contributed by atoms with Crippen LogP contribution in [0.5, 0.6) is 5.75 Å². The molecule has 0 saturated heterocycles. The molecule has 1 aliphatic rings. The zero-order valence-electron chi connectivity index (χ0n) is 13.4. The molecule has 0 aromatic carbocycles. The van der Waals surface area contributed by atoms with E-state index in [1.165, 1.54) is 10.4 Å². The first-order valence-electron chi connectivity index (χ1n) is 7.99. The first-order chi connectivity index (χ1) is 11.7. The van der Waals surface area contributed by atoms with E-state index < -0.39 is 0 Å². The maximum Gasteiger partial charge on any atom is 0.262 e. The Morgan fingerprint density at radius 2 is 2.42 bits per heavy atom. The lowest BCUT2D eigenvalue weighted by molar-refractivity contribution is 0.197. The lowest BCUT2D eigenvalue weighted by Crippen LogP contribution is -2.29. The quantitative estimate of drug-likeness (QED) is 0.785. The number of nitrogens with zero attached hydrogens (tertiary/aromatic N) is 3. The van der Waals surface area contributed by atoms with Crippen LogP contribution in [0, 0.1) is 0 Å². The van der Waals surface area contributed by atoms with Crippen LogP contribution in [-0.4, -0.2) is 27.2 Å². The second-order valence-electron chi connectivity index (χ2n) is 5.93. The Hall–Kier alpha value is -2.25. The first-order valence-corrected chi connectivity index (χ1v) is 8.81. The van der Waals surface area contributed by atoms with Crippen molar-refractivity contribution in [2.24, 2.45) is 0 Å². The third-order valence-electron chi connectivity index (χ3n) is 4.12. The van der Waals surface area contributed by atoms with Crippen molar-refractivity contribution in [1.29, 1.82) is 0 Å². The van der Waals surface area contributed by atoms with E-state index in [0.29, 0.717) is 12.3 Å². The molecule has 0 bridgehead atoms. The number of fused-ring (bicyclic) bond motifs is 3. The highest BCUT2D eigenvalue weighted by Crippen LogP contribution is 2.29. The van der Waals surface area contributed by atoms with Crippen LogP contribution in [0.3, 0.4) is 0 Å². The Bertz CT molecular complexity index is 919. The van der Waals surface area contributed by atoms with Crippen LogP contribution in [0.25, 0.3) is 10.2 Å². The lowest BCUT2D eigenvalue weighted by atomic mass is 10.1. The fraction of sp³-hybridized carbons (Fsp3) is 0.353. The second-order valence-corrected chi connectivity index (χ2v) is 7.01. The molecule has 1 unspecified atom stereocenters. The number of hydrogen-bond acceptors (Lipinski definition) is 6. The van der Waals surface area contributed by atoms with Crippen molar-refractivity contribution in [3.63, 3.8) is 0 Å². The van der Waals surface area contributed by atoms with Gasteiger partial charge in [0.15, 0.2) is 0 Å². The van der Waals surface area contributed by atoms with Gasteiger partial charge in [0.1, 0.15) is 16.7 Å². The number of pyridine rings is 1. The van der Waals surface area contributed by atoms with Crippen LogP contribution in [0.2, 0.25) is 0 Å². The molecule has 24 heavy (non-hydrogen) atoms. The summed E-state index contributed by atoms with van der Waals surface area (Å²) in [5, 5.41) is 4.13. The van der Waals surface area contributed by atoms with Crippen LogP contribution < -0.4 is 15.6 Å². The monoisotopic (exact) mass is 342 g/mol. The van der Waals surface area contributed by atoms with Crippen LogP contribution in [-0.2, 0) is 19.5 Å². The fourth-order valence-corrected chi connectivity index (χ4v) is 4.19. The van der Waals surface area contributed by atoms with E-state index in [1.807, 2.05) is 19.1 Å². The van der Waals surface area contributed by atoms with Crippen molar-refractivity contribution in [3.05, 3.63) is 51.6 Å². The first kappa shape index (κ1) is 15.3. The van der Waals surface area contributed by atoms with Crippen molar-refractivity contribution in [2.45, 2.75) is 32.5 Å². The Labute approximate surface area is 143 Å². The highest BCUT2D eigenvalue weighted by atomic mass is 32.1. The van der Waals surface area contributed by atoms with Gasteiger partial charge < -0.3 is 10.1 Å². The van der Waals surface area contributed by atoms with E-state index >= 15 is 0 Å². The van der Waals surface area contributed by atoms with E-state index in [2.05, 4.69) is 15.3 Å². The summed E-state index contributed by atoms with van der Waals surface area (Å²) in [7, 11) is 0. The number of rotatable bonds is 4. The van der Waals surface area contributed by atoms with Crippen molar-refractivity contribution in [2.75, 3.05) is 6.54 Å². The van der Waals surface area contributed by atoms with Crippen LogP contribution in [0.15, 0.2) is 35.6 Å². The van der Waals surface area contributed by atoms with Crippen molar-refractivity contribution >= 4 is 21.6 Å². The number of hydrogen-bond donors (Lipinski definition) is 1. The summed E-state index contributed by atoms with van der Waals surface area (Å²) in [5.74, 6) is 0.700. The molecule has 3 aromatic heterocycles. The molecule has 124 valence electrons. The zero-order chi connectivity index (χ0) is 16.5. The van der Waals surface area contributed by atoms with E-state index in [1.54, 1.807) is 34.6 Å². The van der Waals surface area contributed by atoms with Gasteiger partial charge in [0, 0.05) is 17.6 Å². The van der Waals surface area contributed by atoms with Gasteiger partial charge in [-0.05, 0) is 37.6 Å². The van der Waals surface area contributed by atoms with Gasteiger partial charge in [-0.2, -0.15) is 0 Å². The molecular formula is C17H18N4O2S. The normalized spacial score (nSPS) is 15.2. The molecule has 3 aromatic rings. The maximum atomic E-state index is 12.9. The molecule has 1 N–H and O–H groups in total. The lowest BCUT2D eigenvalue weighted by Gasteiger charge is -2.16. The van der Waals surface area contributed by atoms with Crippen LogP contribution in [0.4, 0.5) is 0 Å². The molecule has 0 saturated carbocycles. The average Bonchev–Trinajstić information content (AvgIpc) is 2.97. The van der Waals surface area contributed by atoms with Crippen molar-refractivity contribution in [1.82, 2.24) is 19.9 Å². The van der Waals surface area contributed by atoms with Gasteiger partial charge in [0.2, 0.25) is 0 Å². The third-order valence-corrected chi connectivity index (χ3v) is 5.26. The molecule has 6 nitrogen and oxygen atoms in total. The molecule has 0 amide bonds. The van der Waals surface area contributed by atoms with Crippen molar-refractivity contribution in [3.8, 4) is 5.75 Å². The van der Waals surface area contributed by atoms with Crippen molar-refractivity contribution < 1.29 is 4.74 Å². The standard InChI is InChI=1S/C17H18N4O2S/c1-11(23-12-3-2-5-18-7-12)9-21-10-20-16-15(17(21)22)13-4-6-19-8-14(13)24-16/h2-3,5,7,10-11,19H,4,6,8-9H2,1H3. The molecule has 0 radical (unpaired) electrons. The number of nitrogens with one attached hydrogen (secondary N) is 1. The number of ether oxygens (including phenoxy) is 1. The predicted molar refractivity (Wildman–Crippen MR) is 93.6 cm³/mol. The number of aromatic nitrogens is 3. The van der Waals surface area contributed by atoms with Gasteiger partial charge in [-0.25, -0.2) is 4.98 Å². The Morgan fingerprint density at radius 3 is 3.25 bits per heavy atom. The molecule has 4 rings (SSSR count). The number of thiophene rings is 1. The van der Waals surface area contributed by atoms with Gasteiger partial charge in [0.25, 0.3) is 5.56 Å². The Morgan fingerprint density at radius 1 is 1.50 bits per heavy atom. The highest BCUT2D eigenvalue weighted by molar-refractivity contribution is 7.18. The van der Waals surface area contributed by atoms with E-state index in [0.717, 1.165) is 29.7 Å². The molecule has 1 atom stereocenters. The van der Waals surface area contributed by atoms with Gasteiger partial charge in [-0.3, -0.25) is 14.3 Å². The van der Waals surface area contributed by atoms with E-state index in [-0.39, 0.29) is 11.7 Å². The minimum Gasteiger partial charge on any atom is -0.487 e. The minimum atomic E-state index is -0.151. The van der Waals surface area contributed by atoms with Gasteiger partial charge in [0.05, 0.1) is 24.5 Å². The largest absolute Gasteiger partial charge is 0.487 e. The summed E-state index contributed by atoms with van der Waals surface area (Å²) < 4.78 is 7.47. The topological polar surface area (TPSA) is 69.0 Å². The minimum absolute atomic E-state index is 0.0287. The molecule has 0 fully saturated rings. The summed E-state index contributed by atoms with van der Waals surface area (Å²) in [5.41, 5.74) is 1.20. The highest BCUT2D eigenvalue weighted by Gasteiger charge is 2.20.